The Labute approximate surface area is 129 Å². The number of imidazole rings is 1. The Hall–Kier alpha value is -2.38. The highest BCUT2D eigenvalue weighted by molar-refractivity contribution is 5.98. The maximum atomic E-state index is 12.1. The van der Waals surface area contributed by atoms with Crippen LogP contribution in [0.15, 0.2) is 4.99 Å². The molecule has 0 aliphatic carbocycles. The molecule has 1 aromatic heterocycles. The Bertz CT molecular complexity index is 626. The zero-order valence-electron chi connectivity index (χ0n) is 13.4. The smallest absolute Gasteiger partial charge is 0.410 e. The Morgan fingerprint density at radius 3 is 2.73 bits per heavy atom. The molecule has 1 aliphatic rings. The van der Waals surface area contributed by atoms with Gasteiger partial charge in [0.1, 0.15) is 11.9 Å². The quantitative estimate of drug-likeness (QED) is 0.650. The van der Waals surface area contributed by atoms with Gasteiger partial charge in [-0.05, 0) is 27.7 Å². The van der Waals surface area contributed by atoms with Crippen molar-refractivity contribution in [3.8, 4) is 0 Å². The number of nitrogens with zero attached hydrogens (tertiary/aromatic N) is 4. The maximum Gasteiger partial charge on any atom is 0.410 e. The van der Waals surface area contributed by atoms with E-state index in [2.05, 4.69) is 9.98 Å². The van der Waals surface area contributed by atoms with Gasteiger partial charge in [0.2, 0.25) is 0 Å². The molecule has 120 valence electrons. The average molecular weight is 306 g/mol. The van der Waals surface area contributed by atoms with Crippen molar-refractivity contribution in [3.63, 3.8) is 0 Å². The summed E-state index contributed by atoms with van der Waals surface area (Å²) >= 11 is 0. The fourth-order valence-electron chi connectivity index (χ4n) is 2.38. The Morgan fingerprint density at radius 1 is 1.50 bits per heavy atom. The third kappa shape index (κ3) is 3.10. The lowest BCUT2D eigenvalue weighted by molar-refractivity contribution is 0.0237. The van der Waals surface area contributed by atoms with Crippen LogP contribution in [0.25, 0.3) is 0 Å². The van der Waals surface area contributed by atoms with Crippen LogP contribution >= 0.6 is 0 Å². The number of amidine groups is 1. The number of amides is 1. The second kappa shape index (κ2) is 5.78. The minimum absolute atomic E-state index is 0.204. The van der Waals surface area contributed by atoms with E-state index in [9.17, 15) is 4.79 Å². The Kier molecular flexibility index (Phi) is 4.20. The van der Waals surface area contributed by atoms with E-state index in [0.29, 0.717) is 25.5 Å². The van der Waals surface area contributed by atoms with Crippen molar-refractivity contribution in [3.05, 3.63) is 17.2 Å². The topological polar surface area (TPSA) is 110 Å². The molecule has 3 N–H and O–H groups in total. The number of aromatic nitrogens is 2. The summed E-state index contributed by atoms with van der Waals surface area (Å²) < 4.78 is 7.30. The van der Waals surface area contributed by atoms with Gasteiger partial charge in [0.05, 0.1) is 24.5 Å². The van der Waals surface area contributed by atoms with Crippen LogP contribution < -0.4 is 5.73 Å². The van der Waals surface area contributed by atoms with Crippen LogP contribution in [0.2, 0.25) is 0 Å². The summed E-state index contributed by atoms with van der Waals surface area (Å²) in [5.41, 5.74) is 7.04. The summed E-state index contributed by atoms with van der Waals surface area (Å²) in [6.07, 6.45) is 0.540. The van der Waals surface area contributed by atoms with Crippen molar-refractivity contribution in [1.82, 2.24) is 14.5 Å². The number of rotatable bonds is 3. The highest BCUT2D eigenvalue weighted by atomic mass is 16.6. The molecular weight excluding hydrogens is 284 g/mol. The SMILES string of the molecule is CCn1c(C(N)=NC=N)nc2c1CN(C(=O)OC(C)(C)C)C2. The number of nitrogens with two attached hydrogens (primary N) is 1. The second-order valence-corrected chi connectivity index (χ2v) is 6.05. The van der Waals surface area contributed by atoms with E-state index in [0.717, 1.165) is 17.7 Å². The standard InChI is InChI=1S/C14H22N6O2/c1-5-20-10-7-19(13(21)22-14(2,3)4)6-9(10)18-12(20)11(16)17-8-15/h8H,5-7H2,1-4H3,(H3,15,16,17). The lowest BCUT2D eigenvalue weighted by Gasteiger charge is -2.24. The first-order valence-electron chi connectivity index (χ1n) is 7.15. The van der Waals surface area contributed by atoms with Crippen LogP contribution in [0, 0.1) is 5.41 Å². The van der Waals surface area contributed by atoms with Gasteiger partial charge in [0, 0.05) is 6.54 Å². The summed E-state index contributed by atoms with van der Waals surface area (Å²) in [5, 5.41) is 7.00. The van der Waals surface area contributed by atoms with Crippen molar-refractivity contribution in [2.45, 2.75) is 52.9 Å². The molecule has 0 radical (unpaired) electrons. The monoisotopic (exact) mass is 306 g/mol. The summed E-state index contributed by atoms with van der Waals surface area (Å²) in [6.45, 7) is 8.97. The van der Waals surface area contributed by atoms with Crippen LogP contribution in [0.5, 0.6) is 0 Å². The molecule has 0 unspecified atom stereocenters. The van der Waals surface area contributed by atoms with E-state index in [4.69, 9.17) is 15.9 Å². The summed E-state index contributed by atoms with van der Waals surface area (Å²) in [4.78, 5) is 22.0. The van der Waals surface area contributed by atoms with Gasteiger partial charge < -0.3 is 15.0 Å². The van der Waals surface area contributed by atoms with Crippen LogP contribution in [-0.4, -0.2) is 38.3 Å². The molecular formula is C14H22N6O2. The van der Waals surface area contributed by atoms with Crippen molar-refractivity contribution in [1.29, 1.82) is 5.41 Å². The van der Waals surface area contributed by atoms with Crippen molar-refractivity contribution < 1.29 is 9.53 Å². The number of hydrogen-bond acceptors (Lipinski definition) is 4. The normalized spacial score (nSPS) is 14.9. The van der Waals surface area contributed by atoms with E-state index in [1.165, 1.54) is 0 Å². The van der Waals surface area contributed by atoms with Gasteiger partial charge >= 0.3 is 6.09 Å². The number of fused-ring (bicyclic) bond motifs is 1. The van der Waals surface area contributed by atoms with E-state index < -0.39 is 5.60 Å². The van der Waals surface area contributed by atoms with Gasteiger partial charge in [-0.1, -0.05) is 0 Å². The molecule has 0 spiro atoms. The fraction of sp³-hybridized carbons (Fsp3) is 0.571. The third-order valence-corrected chi connectivity index (χ3v) is 3.24. The molecule has 1 amide bonds. The van der Waals surface area contributed by atoms with E-state index in [-0.39, 0.29) is 11.9 Å². The first-order chi connectivity index (χ1) is 10.3. The molecule has 0 fully saturated rings. The summed E-state index contributed by atoms with van der Waals surface area (Å²) in [7, 11) is 0. The fourth-order valence-corrected chi connectivity index (χ4v) is 2.38. The molecule has 0 aromatic carbocycles. The van der Waals surface area contributed by atoms with Crippen LogP contribution in [0.3, 0.4) is 0 Å². The minimum Gasteiger partial charge on any atom is -0.444 e. The van der Waals surface area contributed by atoms with Gasteiger partial charge in [-0.25, -0.2) is 14.8 Å². The van der Waals surface area contributed by atoms with E-state index in [1.54, 1.807) is 4.90 Å². The molecule has 8 nitrogen and oxygen atoms in total. The molecule has 22 heavy (non-hydrogen) atoms. The number of ether oxygens (including phenoxy) is 1. The van der Waals surface area contributed by atoms with Crippen LogP contribution in [0.1, 0.15) is 44.9 Å². The largest absolute Gasteiger partial charge is 0.444 e. The first kappa shape index (κ1) is 16.0. The molecule has 1 aromatic rings. The molecule has 8 heteroatoms. The number of aliphatic imine (C=N–C) groups is 1. The molecule has 0 saturated carbocycles. The van der Waals surface area contributed by atoms with Gasteiger partial charge in [-0.2, -0.15) is 0 Å². The van der Waals surface area contributed by atoms with E-state index in [1.807, 2.05) is 32.3 Å². The molecule has 0 bridgehead atoms. The zero-order chi connectivity index (χ0) is 16.5. The molecule has 0 saturated heterocycles. The number of carbonyl (C=O) groups is 1. The third-order valence-electron chi connectivity index (χ3n) is 3.24. The number of carbonyl (C=O) groups excluding carboxylic acids is 1. The molecule has 1 aliphatic heterocycles. The predicted octanol–water partition coefficient (Wildman–Crippen LogP) is 1.47. The van der Waals surface area contributed by atoms with Gasteiger partial charge in [-0.15, -0.1) is 0 Å². The number of nitrogens with one attached hydrogen (secondary N) is 1. The van der Waals surface area contributed by atoms with Crippen LogP contribution in [-0.2, 0) is 24.4 Å². The highest BCUT2D eigenvalue weighted by Gasteiger charge is 2.32. The summed E-state index contributed by atoms with van der Waals surface area (Å²) in [5.74, 6) is 0.745. The van der Waals surface area contributed by atoms with Crippen LogP contribution in [0.4, 0.5) is 4.79 Å². The van der Waals surface area contributed by atoms with E-state index >= 15 is 0 Å². The average Bonchev–Trinajstić information content (AvgIpc) is 2.93. The van der Waals surface area contributed by atoms with Crippen molar-refractivity contribution in [2.75, 3.05) is 0 Å². The lowest BCUT2D eigenvalue weighted by Crippen LogP contribution is -2.34. The molecule has 2 heterocycles. The zero-order valence-corrected chi connectivity index (χ0v) is 13.4. The van der Waals surface area contributed by atoms with Gasteiger partial charge in [0.15, 0.2) is 11.7 Å². The highest BCUT2D eigenvalue weighted by Crippen LogP contribution is 2.25. The summed E-state index contributed by atoms with van der Waals surface area (Å²) in [6, 6.07) is 0. The van der Waals surface area contributed by atoms with Gasteiger partial charge in [0.25, 0.3) is 0 Å². The molecule has 0 atom stereocenters. The Morgan fingerprint density at radius 2 is 2.18 bits per heavy atom. The molecule has 2 rings (SSSR count). The second-order valence-electron chi connectivity index (χ2n) is 6.05. The van der Waals surface area contributed by atoms with Gasteiger partial charge in [-0.3, -0.25) is 10.3 Å². The number of hydrogen-bond donors (Lipinski definition) is 2. The maximum absolute atomic E-state index is 12.1. The van der Waals surface area contributed by atoms with Crippen molar-refractivity contribution >= 4 is 18.3 Å². The minimum atomic E-state index is -0.524. The predicted molar refractivity (Wildman–Crippen MR) is 82.9 cm³/mol. The lowest BCUT2D eigenvalue weighted by atomic mass is 10.2. The first-order valence-corrected chi connectivity index (χ1v) is 7.15. The Balaban J connectivity index is 2.23. The van der Waals surface area contributed by atoms with Crippen molar-refractivity contribution in [2.24, 2.45) is 10.7 Å².